The van der Waals surface area contributed by atoms with Crippen LogP contribution in [0.25, 0.3) is 10.2 Å². The fourth-order valence-electron chi connectivity index (χ4n) is 1.58. The minimum absolute atomic E-state index is 0.572. The van der Waals surface area contributed by atoms with Crippen LogP contribution in [0.15, 0.2) is 18.0 Å². The van der Waals surface area contributed by atoms with Crippen molar-refractivity contribution < 1.29 is 0 Å². The second-order valence-electron chi connectivity index (χ2n) is 3.60. The summed E-state index contributed by atoms with van der Waals surface area (Å²) in [4.78, 5) is 12.6. The number of anilines is 1. The highest BCUT2D eigenvalue weighted by molar-refractivity contribution is 7.17. The fraction of sp³-hybridized carbons (Fsp3) is 0.200. The Kier molecular flexibility index (Phi) is 2.45. The number of nitrogens with one attached hydrogen (secondary N) is 2. The van der Waals surface area contributed by atoms with Crippen LogP contribution < -0.4 is 5.32 Å². The quantitative estimate of drug-likeness (QED) is 0.735. The summed E-state index contributed by atoms with van der Waals surface area (Å²) in [7, 11) is 0. The zero-order valence-corrected chi connectivity index (χ0v) is 9.95. The highest BCUT2D eigenvalue weighted by Crippen LogP contribution is 2.28. The molecule has 3 rings (SSSR count). The van der Waals surface area contributed by atoms with Crippen LogP contribution in [0.3, 0.4) is 0 Å². The molecular formula is C10H10N6S. The van der Waals surface area contributed by atoms with Gasteiger partial charge in [-0.25, -0.2) is 15.0 Å². The summed E-state index contributed by atoms with van der Waals surface area (Å²) in [6.45, 7) is 2.62. The van der Waals surface area contributed by atoms with Crippen LogP contribution in [0, 0.1) is 6.92 Å². The molecule has 7 heteroatoms. The Bertz CT molecular complexity index is 629. The number of aromatic nitrogens is 5. The largest absolute Gasteiger partial charge is 0.361 e. The van der Waals surface area contributed by atoms with E-state index in [1.54, 1.807) is 17.7 Å². The highest BCUT2D eigenvalue weighted by atomic mass is 32.1. The van der Waals surface area contributed by atoms with Crippen molar-refractivity contribution >= 4 is 27.4 Å². The Morgan fingerprint density at radius 2 is 2.24 bits per heavy atom. The molecule has 0 atom stereocenters. The second kappa shape index (κ2) is 4.10. The number of fused-ring (bicyclic) bond motifs is 1. The number of thiophene rings is 1. The van der Waals surface area contributed by atoms with E-state index in [0.717, 1.165) is 21.9 Å². The standard InChI is InChI=1S/C10H10N6S/c1-6-3-17-9-8(6)13-4-14-10(9)11-2-7-12-5-15-16-7/h3-5H,2H2,1H3,(H,11,13,14)(H,12,15,16). The molecule has 0 aliphatic heterocycles. The van der Waals surface area contributed by atoms with Crippen LogP contribution in [0.2, 0.25) is 0 Å². The zero-order chi connectivity index (χ0) is 11.7. The Hall–Kier alpha value is -2.02. The molecular weight excluding hydrogens is 236 g/mol. The van der Waals surface area contributed by atoms with Crippen molar-refractivity contribution in [3.8, 4) is 0 Å². The summed E-state index contributed by atoms with van der Waals surface area (Å²) in [5.41, 5.74) is 2.18. The van der Waals surface area contributed by atoms with Crippen molar-refractivity contribution in [1.82, 2.24) is 25.1 Å². The Balaban J connectivity index is 1.90. The van der Waals surface area contributed by atoms with Gasteiger partial charge < -0.3 is 5.32 Å². The lowest BCUT2D eigenvalue weighted by Crippen LogP contribution is -2.03. The van der Waals surface area contributed by atoms with Gasteiger partial charge in [-0.3, -0.25) is 5.10 Å². The molecule has 0 spiro atoms. The van der Waals surface area contributed by atoms with Crippen LogP contribution in [0.4, 0.5) is 5.82 Å². The molecule has 3 heterocycles. The van der Waals surface area contributed by atoms with Crippen molar-refractivity contribution in [2.24, 2.45) is 0 Å². The van der Waals surface area contributed by atoms with Crippen molar-refractivity contribution in [2.75, 3.05) is 5.32 Å². The molecule has 0 unspecified atom stereocenters. The molecule has 2 N–H and O–H groups in total. The van der Waals surface area contributed by atoms with E-state index in [9.17, 15) is 0 Å². The third-order valence-corrected chi connectivity index (χ3v) is 3.51. The van der Waals surface area contributed by atoms with Crippen LogP contribution in [0.5, 0.6) is 0 Å². The van der Waals surface area contributed by atoms with Gasteiger partial charge in [0.15, 0.2) is 0 Å². The number of rotatable bonds is 3. The lowest BCUT2D eigenvalue weighted by Gasteiger charge is -2.03. The molecule has 0 fully saturated rings. The molecule has 0 aliphatic carbocycles. The highest BCUT2D eigenvalue weighted by Gasteiger charge is 2.07. The van der Waals surface area contributed by atoms with E-state index < -0.39 is 0 Å². The normalized spacial score (nSPS) is 10.9. The molecule has 6 nitrogen and oxygen atoms in total. The molecule has 0 radical (unpaired) electrons. The van der Waals surface area contributed by atoms with Crippen molar-refractivity contribution in [1.29, 1.82) is 0 Å². The van der Waals surface area contributed by atoms with Gasteiger partial charge in [-0.15, -0.1) is 11.3 Å². The third-order valence-electron chi connectivity index (χ3n) is 2.42. The Labute approximate surface area is 101 Å². The molecule has 86 valence electrons. The van der Waals surface area contributed by atoms with Crippen molar-refractivity contribution in [2.45, 2.75) is 13.5 Å². The average Bonchev–Trinajstić information content (AvgIpc) is 2.97. The molecule has 0 aliphatic rings. The number of nitrogens with zero attached hydrogens (tertiary/aromatic N) is 4. The summed E-state index contributed by atoms with van der Waals surface area (Å²) in [6, 6.07) is 0. The molecule has 0 bridgehead atoms. The maximum Gasteiger partial charge on any atom is 0.147 e. The Morgan fingerprint density at radius 1 is 1.29 bits per heavy atom. The lowest BCUT2D eigenvalue weighted by atomic mass is 10.3. The van der Waals surface area contributed by atoms with E-state index in [1.807, 2.05) is 6.92 Å². The first-order valence-electron chi connectivity index (χ1n) is 5.11. The minimum Gasteiger partial charge on any atom is -0.361 e. The number of aryl methyl sites for hydroxylation is 1. The van der Waals surface area contributed by atoms with Crippen LogP contribution >= 0.6 is 11.3 Å². The SMILES string of the molecule is Cc1csc2c(NCc3ncn[nH]3)ncnc12. The van der Waals surface area contributed by atoms with E-state index in [4.69, 9.17) is 0 Å². The molecule has 0 saturated heterocycles. The molecule has 3 aromatic heterocycles. The third kappa shape index (κ3) is 1.84. The maximum atomic E-state index is 4.27. The van der Waals surface area contributed by atoms with Gasteiger partial charge >= 0.3 is 0 Å². The predicted molar refractivity (Wildman–Crippen MR) is 65.9 cm³/mol. The number of H-pyrrole nitrogens is 1. The van der Waals surface area contributed by atoms with Gasteiger partial charge in [0, 0.05) is 0 Å². The topological polar surface area (TPSA) is 79.4 Å². The van der Waals surface area contributed by atoms with E-state index in [0.29, 0.717) is 6.54 Å². The summed E-state index contributed by atoms with van der Waals surface area (Å²) >= 11 is 1.64. The van der Waals surface area contributed by atoms with Crippen LogP contribution in [-0.2, 0) is 6.54 Å². The van der Waals surface area contributed by atoms with Gasteiger partial charge in [0.2, 0.25) is 0 Å². The van der Waals surface area contributed by atoms with Crippen LogP contribution in [-0.4, -0.2) is 25.1 Å². The van der Waals surface area contributed by atoms with Gasteiger partial charge in [0.05, 0.1) is 16.8 Å². The maximum absolute atomic E-state index is 4.27. The zero-order valence-electron chi connectivity index (χ0n) is 9.14. The first-order chi connectivity index (χ1) is 8.34. The van der Waals surface area contributed by atoms with Crippen LogP contribution in [0.1, 0.15) is 11.4 Å². The fourth-order valence-corrected chi connectivity index (χ4v) is 2.55. The summed E-state index contributed by atoms with van der Waals surface area (Å²) in [5.74, 6) is 1.62. The average molecular weight is 246 g/mol. The summed E-state index contributed by atoms with van der Waals surface area (Å²) in [6.07, 6.45) is 3.06. The van der Waals surface area contributed by atoms with Gasteiger partial charge in [-0.05, 0) is 17.9 Å². The summed E-state index contributed by atoms with van der Waals surface area (Å²) in [5, 5.41) is 11.9. The first-order valence-corrected chi connectivity index (χ1v) is 5.99. The summed E-state index contributed by atoms with van der Waals surface area (Å²) < 4.78 is 1.07. The number of hydrogen-bond donors (Lipinski definition) is 2. The van der Waals surface area contributed by atoms with Gasteiger partial charge in [0.25, 0.3) is 0 Å². The van der Waals surface area contributed by atoms with Gasteiger partial charge in [0.1, 0.15) is 24.3 Å². The van der Waals surface area contributed by atoms with E-state index in [1.165, 1.54) is 11.9 Å². The van der Waals surface area contributed by atoms with E-state index in [-0.39, 0.29) is 0 Å². The molecule has 0 amide bonds. The first kappa shape index (κ1) is 10.2. The molecule has 17 heavy (non-hydrogen) atoms. The molecule has 0 aromatic carbocycles. The minimum atomic E-state index is 0.572. The predicted octanol–water partition coefficient (Wildman–Crippen LogP) is 1.73. The molecule has 3 aromatic rings. The van der Waals surface area contributed by atoms with Gasteiger partial charge in [-0.2, -0.15) is 5.10 Å². The smallest absolute Gasteiger partial charge is 0.147 e. The van der Waals surface area contributed by atoms with Gasteiger partial charge in [-0.1, -0.05) is 0 Å². The monoisotopic (exact) mass is 246 g/mol. The second-order valence-corrected chi connectivity index (χ2v) is 4.48. The number of hydrogen-bond acceptors (Lipinski definition) is 6. The lowest BCUT2D eigenvalue weighted by molar-refractivity contribution is 0.948. The molecule has 0 saturated carbocycles. The van der Waals surface area contributed by atoms with E-state index >= 15 is 0 Å². The van der Waals surface area contributed by atoms with Crippen molar-refractivity contribution in [3.05, 3.63) is 29.4 Å². The van der Waals surface area contributed by atoms with Crippen molar-refractivity contribution in [3.63, 3.8) is 0 Å². The Morgan fingerprint density at radius 3 is 3.06 bits per heavy atom. The number of aromatic amines is 1. The van der Waals surface area contributed by atoms with E-state index in [2.05, 4.69) is 35.8 Å².